The predicted octanol–water partition coefficient (Wildman–Crippen LogP) is 0.693. The number of hydrogen-bond donors (Lipinski definition) is 2. The van der Waals surface area contributed by atoms with Gasteiger partial charge in [-0.25, -0.2) is 0 Å². The van der Waals surface area contributed by atoms with Crippen LogP contribution in [0.5, 0.6) is 0 Å². The molecule has 0 saturated carbocycles. The summed E-state index contributed by atoms with van der Waals surface area (Å²) in [6, 6.07) is -0.136. The molecular weight excluding hydrogens is 204 g/mol. The van der Waals surface area contributed by atoms with Crippen LogP contribution >= 0.6 is 0 Å². The molecule has 4 nitrogen and oxygen atoms in total. The summed E-state index contributed by atoms with van der Waals surface area (Å²) in [5.41, 5.74) is 0. The van der Waals surface area contributed by atoms with Gasteiger partial charge in [-0.3, -0.25) is 4.79 Å². The monoisotopic (exact) mass is 226 g/mol. The van der Waals surface area contributed by atoms with Crippen molar-refractivity contribution in [2.24, 2.45) is 5.92 Å². The molecule has 1 heterocycles. The van der Waals surface area contributed by atoms with Gasteiger partial charge in [-0.15, -0.1) is 6.58 Å². The maximum absolute atomic E-state index is 11.5. The van der Waals surface area contributed by atoms with E-state index in [4.69, 9.17) is 4.74 Å². The van der Waals surface area contributed by atoms with Crippen molar-refractivity contribution in [3.63, 3.8) is 0 Å². The molecule has 4 heteroatoms. The zero-order valence-electron chi connectivity index (χ0n) is 10.00. The molecule has 0 aliphatic carbocycles. The molecule has 1 amide bonds. The average molecular weight is 226 g/mol. The largest absolute Gasteiger partial charge is 0.381 e. The Bertz CT molecular complexity index is 225. The van der Waals surface area contributed by atoms with Crippen LogP contribution in [-0.4, -0.2) is 38.3 Å². The van der Waals surface area contributed by atoms with E-state index in [0.717, 1.165) is 32.6 Å². The molecule has 2 N–H and O–H groups in total. The summed E-state index contributed by atoms with van der Waals surface area (Å²) in [4.78, 5) is 11.5. The van der Waals surface area contributed by atoms with Gasteiger partial charge < -0.3 is 15.4 Å². The number of ether oxygens (including phenoxy) is 1. The Morgan fingerprint density at radius 2 is 2.25 bits per heavy atom. The van der Waals surface area contributed by atoms with Crippen LogP contribution in [0.4, 0.5) is 0 Å². The highest BCUT2D eigenvalue weighted by Crippen LogP contribution is 2.13. The highest BCUT2D eigenvalue weighted by Gasteiger charge is 2.16. The first-order valence-electron chi connectivity index (χ1n) is 5.93. The lowest BCUT2D eigenvalue weighted by molar-refractivity contribution is -0.122. The first kappa shape index (κ1) is 13.2. The highest BCUT2D eigenvalue weighted by atomic mass is 16.5. The molecule has 1 aliphatic heterocycles. The third-order valence-corrected chi connectivity index (χ3v) is 2.87. The van der Waals surface area contributed by atoms with Crippen LogP contribution in [-0.2, 0) is 9.53 Å². The molecular formula is C12H22N2O2. The summed E-state index contributed by atoms with van der Waals surface area (Å²) in [6.07, 6.45) is 3.87. The second-order valence-corrected chi connectivity index (χ2v) is 4.22. The first-order valence-corrected chi connectivity index (χ1v) is 5.93. The van der Waals surface area contributed by atoms with Crippen LogP contribution in [0, 0.1) is 5.92 Å². The minimum Gasteiger partial charge on any atom is -0.381 e. The van der Waals surface area contributed by atoms with Crippen molar-refractivity contribution in [3.05, 3.63) is 12.7 Å². The van der Waals surface area contributed by atoms with Gasteiger partial charge >= 0.3 is 0 Å². The molecule has 0 aromatic heterocycles. The maximum atomic E-state index is 11.5. The lowest BCUT2D eigenvalue weighted by Gasteiger charge is -2.23. The molecule has 0 aromatic carbocycles. The highest BCUT2D eigenvalue weighted by molar-refractivity contribution is 5.81. The standard InChI is InChI=1S/C12H22N2O2/c1-3-6-13-12(15)10(2)14-9-11-4-7-16-8-5-11/h3,10-11,14H,1,4-9H2,2H3,(H,13,15). The van der Waals surface area contributed by atoms with E-state index in [9.17, 15) is 4.79 Å². The van der Waals surface area contributed by atoms with Crippen molar-refractivity contribution < 1.29 is 9.53 Å². The summed E-state index contributed by atoms with van der Waals surface area (Å²) in [7, 11) is 0. The van der Waals surface area contributed by atoms with Crippen molar-refractivity contribution in [2.75, 3.05) is 26.3 Å². The smallest absolute Gasteiger partial charge is 0.237 e. The second kappa shape index (κ2) is 7.41. The van der Waals surface area contributed by atoms with Crippen LogP contribution < -0.4 is 10.6 Å². The number of carbonyl (C=O) groups is 1. The van der Waals surface area contributed by atoms with E-state index < -0.39 is 0 Å². The fourth-order valence-corrected chi connectivity index (χ4v) is 1.71. The summed E-state index contributed by atoms with van der Waals surface area (Å²) >= 11 is 0. The van der Waals surface area contributed by atoms with Gasteiger partial charge in [0.05, 0.1) is 6.04 Å². The van der Waals surface area contributed by atoms with E-state index in [2.05, 4.69) is 17.2 Å². The maximum Gasteiger partial charge on any atom is 0.237 e. The molecule has 0 aromatic rings. The van der Waals surface area contributed by atoms with Crippen LogP contribution in [0.3, 0.4) is 0 Å². The van der Waals surface area contributed by atoms with Gasteiger partial charge in [0.2, 0.25) is 5.91 Å². The molecule has 16 heavy (non-hydrogen) atoms. The van der Waals surface area contributed by atoms with Gasteiger partial charge in [-0.1, -0.05) is 6.08 Å². The van der Waals surface area contributed by atoms with Crippen LogP contribution in [0.2, 0.25) is 0 Å². The Morgan fingerprint density at radius 1 is 1.56 bits per heavy atom. The Balaban J connectivity index is 2.15. The molecule has 0 bridgehead atoms. The zero-order chi connectivity index (χ0) is 11.8. The molecule has 92 valence electrons. The number of amides is 1. The average Bonchev–Trinajstić information content (AvgIpc) is 2.34. The third-order valence-electron chi connectivity index (χ3n) is 2.87. The lowest BCUT2D eigenvalue weighted by Crippen LogP contribution is -2.44. The molecule has 0 radical (unpaired) electrons. The third kappa shape index (κ3) is 4.77. The summed E-state index contributed by atoms with van der Waals surface area (Å²) in [6.45, 7) is 8.57. The normalized spacial score (nSPS) is 19.1. The lowest BCUT2D eigenvalue weighted by atomic mass is 10.0. The van der Waals surface area contributed by atoms with Crippen molar-refractivity contribution >= 4 is 5.91 Å². The summed E-state index contributed by atoms with van der Waals surface area (Å²) in [5, 5.41) is 6.03. The van der Waals surface area contributed by atoms with E-state index in [0.29, 0.717) is 12.5 Å². The molecule has 1 rings (SSSR count). The summed E-state index contributed by atoms with van der Waals surface area (Å²) < 4.78 is 5.29. The number of carbonyl (C=O) groups excluding carboxylic acids is 1. The topological polar surface area (TPSA) is 50.4 Å². The van der Waals surface area contributed by atoms with Gasteiger partial charge in [-0.05, 0) is 32.2 Å². The molecule has 1 fully saturated rings. The zero-order valence-corrected chi connectivity index (χ0v) is 10.00. The Morgan fingerprint density at radius 3 is 2.88 bits per heavy atom. The minimum atomic E-state index is -0.136. The van der Waals surface area contributed by atoms with E-state index in [1.165, 1.54) is 0 Å². The van der Waals surface area contributed by atoms with E-state index >= 15 is 0 Å². The van der Waals surface area contributed by atoms with Gasteiger partial charge in [-0.2, -0.15) is 0 Å². The molecule has 1 aliphatic rings. The Kier molecular flexibility index (Phi) is 6.11. The van der Waals surface area contributed by atoms with Gasteiger partial charge in [0.25, 0.3) is 0 Å². The summed E-state index contributed by atoms with van der Waals surface area (Å²) in [5.74, 6) is 0.676. The molecule has 0 spiro atoms. The SMILES string of the molecule is C=CCNC(=O)C(C)NCC1CCOCC1. The quantitative estimate of drug-likeness (QED) is 0.655. The van der Waals surface area contributed by atoms with Crippen molar-refractivity contribution in [2.45, 2.75) is 25.8 Å². The van der Waals surface area contributed by atoms with Crippen LogP contribution in [0.25, 0.3) is 0 Å². The number of rotatable bonds is 6. The molecule has 1 saturated heterocycles. The molecule has 1 unspecified atom stereocenters. The minimum absolute atomic E-state index is 0.0342. The second-order valence-electron chi connectivity index (χ2n) is 4.22. The fraction of sp³-hybridized carbons (Fsp3) is 0.750. The van der Waals surface area contributed by atoms with E-state index in [-0.39, 0.29) is 11.9 Å². The van der Waals surface area contributed by atoms with Crippen LogP contribution in [0.15, 0.2) is 12.7 Å². The molecule has 1 atom stereocenters. The van der Waals surface area contributed by atoms with Gasteiger partial charge in [0.1, 0.15) is 0 Å². The Labute approximate surface area is 97.4 Å². The fourth-order valence-electron chi connectivity index (χ4n) is 1.71. The van der Waals surface area contributed by atoms with Crippen molar-refractivity contribution in [1.82, 2.24) is 10.6 Å². The van der Waals surface area contributed by atoms with Gasteiger partial charge in [0, 0.05) is 19.8 Å². The van der Waals surface area contributed by atoms with Crippen LogP contribution in [0.1, 0.15) is 19.8 Å². The number of nitrogens with one attached hydrogen (secondary N) is 2. The predicted molar refractivity (Wildman–Crippen MR) is 64.2 cm³/mol. The van der Waals surface area contributed by atoms with Crippen molar-refractivity contribution in [1.29, 1.82) is 0 Å². The van der Waals surface area contributed by atoms with Gasteiger partial charge in [0.15, 0.2) is 0 Å². The van der Waals surface area contributed by atoms with E-state index in [1.54, 1.807) is 6.08 Å². The van der Waals surface area contributed by atoms with E-state index in [1.807, 2.05) is 6.92 Å². The first-order chi connectivity index (χ1) is 7.74. The van der Waals surface area contributed by atoms with Crippen molar-refractivity contribution in [3.8, 4) is 0 Å². The Hall–Kier alpha value is -0.870. The number of hydrogen-bond acceptors (Lipinski definition) is 3.